The van der Waals surface area contributed by atoms with Gasteiger partial charge in [0.25, 0.3) is 23.6 Å². The van der Waals surface area contributed by atoms with E-state index in [1.54, 1.807) is 33.8 Å². The van der Waals surface area contributed by atoms with Crippen molar-refractivity contribution in [2.24, 2.45) is 10.8 Å². The molecule has 1 saturated heterocycles. The summed E-state index contributed by atoms with van der Waals surface area (Å²) in [5, 5.41) is 8.27. The maximum absolute atomic E-state index is 14.2. The molecule has 25 heteroatoms. The lowest BCUT2D eigenvalue weighted by Crippen LogP contribution is -2.54. The third kappa shape index (κ3) is 18.1. The van der Waals surface area contributed by atoms with Crippen molar-refractivity contribution >= 4 is 113 Å². The maximum atomic E-state index is 14.2. The third-order valence-corrected chi connectivity index (χ3v) is 19.3. The molecule has 4 atom stereocenters. The minimum Gasteiger partial charge on any atom is -0.480 e. The SMILES string of the molecule is CCC(Oc1ccc(C(C)(C)CC)cc1C(C)(C)CC)C(=O)Nc1ccc(Cl)c(NC(=O)C(C(=O)C2(CC)CC2)N2C(=O)C(C)N(Cc3ccccc3)C2=O)c1.COC(=O)c1ccc(Cl)c(NC(=O)C(Oc2ccc(S(C)(=O)=O)cc2NS(C)(=O)=O)C(=O)C(C)(C)C)c1. The number of esters is 1. The molecule has 2 fully saturated rings. The molecule has 21 nitrogen and oxygen atoms in total. The molecule has 1 aliphatic heterocycles. The zero-order valence-corrected chi connectivity index (χ0v) is 58.3. The zero-order chi connectivity index (χ0) is 69.5. The van der Waals surface area contributed by atoms with Crippen molar-refractivity contribution in [2.45, 2.75) is 168 Å². The number of hydrogen-bond acceptors (Lipinski definition) is 15. The molecule has 1 heterocycles. The molecule has 502 valence electrons. The number of amides is 6. The number of ketones is 2. The standard InChI is InChI=1S/C45H57ClN4O6.C23H27ClN2O9S2/c1-10-35(56-36-22-19-30(43(6,7)11-2)25-32(36)44(8,9)12-3)39(52)47-31-20-21-33(46)34(26-31)48-40(53)37(38(51)45(13-4)23-24-45)50-41(54)28(5)49(42(50)55)27-29-17-15-14-16-18-29;1-23(2,3)20(27)19(21(28)25-16-11-13(22(29)34-4)7-9-15(16)24)35-18-10-8-14(36(5,30)31)12-17(18)26-37(6,32)33/h14-22,25-26,28,35,37H,10-13,23-24,27H2,1-9H3,(H,47,52)(H,48,53);7-12,19,26H,1-6H3,(H,25,28). The topological polar surface area (TPSA) is 287 Å². The minimum atomic E-state index is -3.91. The summed E-state index contributed by atoms with van der Waals surface area (Å²) in [6, 6.07) is 24.0. The molecule has 0 radical (unpaired) electrons. The molecule has 7 rings (SSSR count). The van der Waals surface area contributed by atoms with Crippen LogP contribution in [0.1, 0.15) is 149 Å². The number of hydrogen-bond donors (Lipinski definition) is 4. The Hall–Kier alpha value is -7.86. The molecule has 0 bridgehead atoms. The van der Waals surface area contributed by atoms with Gasteiger partial charge in [0.1, 0.15) is 17.5 Å². The van der Waals surface area contributed by atoms with Gasteiger partial charge in [-0.05, 0) is 128 Å². The van der Waals surface area contributed by atoms with Crippen molar-refractivity contribution in [3.8, 4) is 11.5 Å². The Morgan fingerprint density at radius 3 is 1.82 bits per heavy atom. The van der Waals surface area contributed by atoms with Crippen LogP contribution in [0, 0.1) is 10.8 Å². The number of benzene rings is 5. The van der Waals surface area contributed by atoms with Crippen LogP contribution in [-0.4, -0.2) is 118 Å². The van der Waals surface area contributed by atoms with Crippen molar-refractivity contribution in [1.82, 2.24) is 9.80 Å². The van der Waals surface area contributed by atoms with Gasteiger partial charge in [0.2, 0.25) is 16.1 Å². The van der Waals surface area contributed by atoms with Crippen LogP contribution in [0.25, 0.3) is 0 Å². The van der Waals surface area contributed by atoms with E-state index in [1.165, 1.54) is 47.9 Å². The van der Waals surface area contributed by atoms with Gasteiger partial charge in [-0.3, -0.25) is 33.5 Å². The Labute approximate surface area is 555 Å². The Morgan fingerprint density at radius 1 is 0.677 bits per heavy atom. The molecule has 2 aliphatic rings. The summed E-state index contributed by atoms with van der Waals surface area (Å²) in [5.41, 5.74) is 1.16. The van der Waals surface area contributed by atoms with Crippen LogP contribution >= 0.6 is 23.2 Å². The molecule has 4 N–H and O–H groups in total. The second-order valence-electron chi connectivity index (χ2n) is 25.6. The largest absolute Gasteiger partial charge is 0.480 e. The smallest absolute Gasteiger partial charge is 0.337 e. The number of sulfonamides is 1. The third-order valence-electron chi connectivity index (χ3n) is 17.0. The number of halogens is 2. The van der Waals surface area contributed by atoms with Crippen LogP contribution in [0.5, 0.6) is 11.5 Å². The zero-order valence-electron chi connectivity index (χ0n) is 55.2. The highest BCUT2D eigenvalue weighted by Crippen LogP contribution is 2.51. The minimum absolute atomic E-state index is 0.00761. The number of anilines is 4. The summed E-state index contributed by atoms with van der Waals surface area (Å²) < 4.78 is 66.7. The number of imide groups is 1. The second kappa shape index (κ2) is 29.6. The molecular weight excluding hydrogens is 1280 g/mol. The number of nitrogens with one attached hydrogen (secondary N) is 4. The number of ether oxygens (including phenoxy) is 3. The number of methoxy groups -OCH3 is 1. The maximum Gasteiger partial charge on any atom is 0.337 e. The van der Waals surface area contributed by atoms with Gasteiger partial charge in [0, 0.05) is 34.9 Å². The van der Waals surface area contributed by atoms with Gasteiger partial charge in [-0.2, -0.15) is 0 Å². The number of Topliss-reactive ketones (excluding diaryl/α,β-unsaturated/α-hetero) is 2. The Kier molecular flexibility index (Phi) is 23.6. The molecule has 0 spiro atoms. The van der Waals surface area contributed by atoms with E-state index in [1.807, 2.05) is 50.2 Å². The number of nitrogens with zero attached hydrogens (tertiary/aromatic N) is 2. The van der Waals surface area contributed by atoms with E-state index in [0.29, 0.717) is 37.1 Å². The second-order valence-corrected chi connectivity index (χ2v) is 30.2. The predicted molar refractivity (Wildman–Crippen MR) is 359 cm³/mol. The van der Waals surface area contributed by atoms with E-state index < -0.39 is 102 Å². The number of rotatable bonds is 26. The lowest BCUT2D eigenvalue weighted by Gasteiger charge is -2.31. The van der Waals surface area contributed by atoms with E-state index in [0.717, 1.165) is 59.6 Å². The highest BCUT2D eigenvalue weighted by molar-refractivity contribution is 7.92. The van der Waals surface area contributed by atoms with Gasteiger partial charge in [0.15, 0.2) is 33.5 Å². The van der Waals surface area contributed by atoms with Crippen molar-refractivity contribution in [1.29, 1.82) is 0 Å². The summed E-state index contributed by atoms with van der Waals surface area (Å²) >= 11 is 12.7. The summed E-state index contributed by atoms with van der Waals surface area (Å²) in [6.07, 6.45) is 2.94. The van der Waals surface area contributed by atoms with Crippen LogP contribution in [0.15, 0.2) is 108 Å². The van der Waals surface area contributed by atoms with Crippen molar-refractivity contribution < 1.29 is 69.4 Å². The van der Waals surface area contributed by atoms with Gasteiger partial charge in [-0.15, -0.1) is 0 Å². The van der Waals surface area contributed by atoms with Crippen LogP contribution in [-0.2, 0) is 70.7 Å². The highest BCUT2D eigenvalue weighted by Gasteiger charge is 2.58. The lowest BCUT2D eigenvalue weighted by molar-refractivity contribution is -0.142. The molecule has 1 saturated carbocycles. The van der Waals surface area contributed by atoms with Crippen LogP contribution < -0.4 is 30.1 Å². The fourth-order valence-electron chi connectivity index (χ4n) is 10.0. The van der Waals surface area contributed by atoms with Crippen molar-refractivity contribution in [2.75, 3.05) is 40.3 Å². The lowest BCUT2D eigenvalue weighted by atomic mass is 9.76. The number of urea groups is 1. The fourth-order valence-corrected chi connectivity index (χ4v) is 11.6. The molecule has 4 unspecified atom stereocenters. The average Bonchev–Trinajstić information content (AvgIpc) is 1.76. The Bertz CT molecular complexity index is 3920. The summed E-state index contributed by atoms with van der Waals surface area (Å²) in [4.78, 5) is 110. The monoisotopic (exact) mass is 1360 g/mol. The first-order chi connectivity index (χ1) is 43.3. The van der Waals surface area contributed by atoms with Crippen LogP contribution in [0.2, 0.25) is 10.0 Å². The molecule has 5 aromatic carbocycles. The van der Waals surface area contributed by atoms with E-state index in [2.05, 4.69) is 79.1 Å². The van der Waals surface area contributed by atoms with Gasteiger partial charge in [-0.25, -0.2) is 31.3 Å². The summed E-state index contributed by atoms with van der Waals surface area (Å²) in [6.45, 7) is 23.2. The van der Waals surface area contributed by atoms with Crippen LogP contribution in [0.4, 0.5) is 27.5 Å². The predicted octanol–water partition coefficient (Wildman–Crippen LogP) is 12.3. The van der Waals surface area contributed by atoms with Crippen LogP contribution in [0.3, 0.4) is 0 Å². The first-order valence-corrected chi connectivity index (χ1v) is 35.0. The number of sulfone groups is 1. The molecule has 1 aliphatic carbocycles. The Balaban J connectivity index is 0.000000322. The number of carbonyl (C=O) groups is 8. The highest BCUT2D eigenvalue weighted by atomic mass is 35.5. The van der Waals surface area contributed by atoms with Crippen molar-refractivity contribution in [3.05, 3.63) is 135 Å². The quantitative estimate of drug-likeness (QED) is 0.0227. The summed E-state index contributed by atoms with van der Waals surface area (Å²) in [5.74, 6) is -4.31. The first kappa shape index (κ1) is 74.2. The van der Waals surface area contributed by atoms with E-state index in [4.69, 9.17) is 32.7 Å². The summed E-state index contributed by atoms with van der Waals surface area (Å²) in [7, 11) is -6.46. The molecule has 0 aromatic heterocycles. The van der Waals surface area contributed by atoms with E-state index >= 15 is 0 Å². The van der Waals surface area contributed by atoms with Gasteiger partial charge >= 0.3 is 12.0 Å². The molecular formula is C68H84Cl2N6O15S2. The fraction of sp³-hybridized carbons (Fsp3) is 0.441. The van der Waals surface area contributed by atoms with Gasteiger partial charge < -0.3 is 35.1 Å². The average molecular weight is 1360 g/mol. The molecule has 6 amide bonds. The van der Waals surface area contributed by atoms with Gasteiger partial charge in [0.05, 0.1) is 50.9 Å². The van der Waals surface area contributed by atoms with E-state index in [-0.39, 0.29) is 60.7 Å². The first-order valence-electron chi connectivity index (χ1n) is 30.4. The number of carbonyl (C=O) groups excluding carboxylic acids is 8. The normalized spacial score (nSPS) is 15.8. The molecule has 93 heavy (non-hydrogen) atoms. The molecule has 5 aromatic rings. The Morgan fingerprint density at radius 2 is 1.27 bits per heavy atom. The van der Waals surface area contributed by atoms with Gasteiger partial charge in [-0.1, -0.05) is 142 Å². The van der Waals surface area contributed by atoms with Crippen molar-refractivity contribution in [3.63, 3.8) is 0 Å². The van der Waals surface area contributed by atoms with E-state index in [9.17, 15) is 55.2 Å².